The van der Waals surface area contributed by atoms with Gasteiger partial charge in [-0.25, -0.2) is 14.1 Å². The lowest BCUT2D eigenvalue weighted by molar-refractivity contribution is -0.124. The number of halogens is 1. The minimum Gasteiger partial charge on any atom is -0.494 e. The molecule has 1 aliphatic heterocycles. The molecule has 7 nitrogen and oxygen atoms in total. The van der Waals surface area contributed by atoms with Gasteiger partial charge in [-0.05, 0) is 67.3 Å². The van der Waals surface area contributed by atoms with Crippen LogP contribution in [0.25, 0.3) is 0 Å². The zero-order valence-electron chi connectivity index (χ0n) is 19.2. The Hall–Kier alpha value is -3.42. The number of amides is 4. The number of nitrogens with zero attached hydrogens (tertiary/aromatic N) is 2. The molecule has 0 spiro atoms. The Kier molecular flexibility index (Phi) is 8.03. The van der Waals surface area contributed by atoms with Crippen molar-refractivity contribution in [2.75, 3.05) is 23.4 Å². The third-order valence-electron chi connectivity index (χ3n) is 5.34. The van der Waals surface area contributed by atoms with Crippen LogP contribution in [0.3, 0.4) is 0 Å². The fourth-order valence-electron chi connectivity index (χ4n) is 3.55. The van der Waals surface area contributed by atoms with Crippen molar-refractivity contribution in [1.29, 1.82) is 0 Å². The maximum absolute atomic E-state index is 13.3. The lowest BCUT2D eigenvalue weighted by Gasteiger charge is -2.22. The number of hydrogen-bond acceptors (Lipinski definition) is 4. The van der Waals surface area contributed by atoms with Crippen molar-refractivity contribution in [3.63, 3.8) is 0 Å². The molecular weight excluding hydrogens is 425 g/mol. The smallest absolute Gasteiger partial charge is 0.332 e. The lowest BCUT2D eigenvalue weighted by atomic mass is 10.1. The normalized spacial score (nSPS) is 16.0. The number of carbonyl (C=O) groups is 3. The van der Waals surface area contributed by atoms with Crippen molar-refractivity contribution < 1.29 is 23.5 Å². The summed E-state index contributed by atoms with van der Waals surface area (Å²) in [6, 6.07) is 10.7. The summed E-state index contributed by atoms with van der Waals surface area (Å²) in [5.41, 5.74) is 0.858. The summed E-state index contributed by atoms with van der Waals surface area (Å²) in [7, 11) is 0. The molecule has 2 aromatic carbocycles. The van der Waals surface area contributed by atoms with E-state index in [4.69, 9.17) is 4.74 Å². The minimum absolute atomic E-state index is 0.172. The van der Waals surface area contributed by atoms with Gasteiger partial charge in [0.1, 0.15) is 17.6 Å². The monoisotopic (exact) mass is 455 g/mol. The molecule has 1 N–H and O–H groups in total. The van der Waals surface area contributed by atoms with E-state index in [0.29, 0.717) is 36.9 Å². The van der Waals surface area contributed by atoms with Crippen LogP contribution in [0.1, 0.15) is 40.0 Å². The molecule has 33 heavy (non-hydrogen) atoms. The number of benzene rings is 2. The number of ether oxygens (including phenoxy) is 1. The molecule has 0 aromatic heterocycles. The van der Waals surface area contributed by atoms with Gasteiger partial charge in [-0.2, -0.15) is 0 Å². The number of nitrogens with one attached hydrogen (secondary N) is 1. The van der Waals surface area contributed by atoms with E-state index in [1.807, 2.05) is 20.8 Å². The molecule has 1 heterocycles. The van der Waals surface area contributed by atoms with Crippen LogP contribution in [0, 0.1) is 11.7 Å². The largest absolute Gasteiger partial charge is 0.494 e. The first-order valence-electron chi connectivity index (χ1n) is 11.2. The zero-order chi connectivity index (χ0) is 24.0. The second-order valence-electron chi connectivity index (χ2n) is 8.45. The Morgan fingerprint density at radius 1 is 1.09 bits per heavy atom. The van der Waals surface area contributed by atoms with Crippen LogP contribution in [0.4, 0.5) is 20.6 Å². The fourth-order valence-corrected chi connectivity index (χ4v) is 3.55. The van der Waals surface area contributed by atoms with Crippen LogP contribution in [0.2, 0.25) is 0 Å². The van der Waals surface area contributed by atoms with E-state index >= 15 is 0 Å². The van der Waals surface area contributed by atoms with Gasteiger partial charge in [0.05, 0.1) is 18.7 Å². The van der Waals surface area contributed by atoms with Crippen LogP contribution in [0.5, 0.6) is 5.75 Å². The highest BCUT2D eigenvalue weighted by atomic mass is 19.1. The fraction of sp³-hybridized carbons (Fsp3) is 0.400. The van der Waals surface area contributed by atoms with E-state index in [1.165, 1.54) is 29.2 Å². The van der Waals surface area contributed by atoms with E-state index in [0.717, 1.165) is 11.3 Å². The van der Waals surface area contributed by atoms with Crippen molar-refractivity contribution >= 4 is 29.2 Å². The van der Waals surface area contributed by atoms with Gasteiger partial charge >= 0.3 is 6.03 Å². The van der Waals surface area contributed by atoms with Crippen LogP contribution < -0.4 is 15.0 Å². The minimum atomic E-state index is -0.923. The van der Waals surface area contributed by atoms with Crippen molar-refractivity contribution in [2.24, 2.45) is 5.92 Å². The van der Waals surface area contributed by atoms with E-state index in [2.05, 4.69) is 5.32 Å². The second-order valence-corrected chi connectivity index (χ2v) is 8.45. The molecule has 1 saturated heterocycles. The van der Waals surface area contributed by atoms with Crippen molar-refractivity contribution in [3.8, 4) is 5.75 Å². The van der Waals surface area contributed by atoms with Crippen LogP contribution >= 0.6 is 0 Å². The van der Waals surface area contributed by atoms with Gasteiger partial charge in [-0.15, -0.1) is 0 Å². The topological polar surface area (TPSA) is 79.0 Å². The summed E-state index contributed by atoms with van der Waals surface area (Å²) in [4.78, 5) is 41.5. The maximum atomic E-state index is 13.3. The Morgan fingerprint density at radius 3 is 2.36 bits per heavy atom. The van der Waals surface area contributed by atoms with Gasteiger partial charge in [-0.3, -0.25) is 9.59 Å². The average Bonchev–Trinajstić information content (AvgIpc) is 3.01. The molecule has 8 heteroatoms. The van der Waals surface area contributed by atoms with Gasteiger partial charge in [0.2, 0.25) is 5.91 Å². The van der Waals surface area contributed by atoms with E-state index in [9.17, 15) is 18.8 Å². The summed E-state index contributed by atoms with van der Waals surface area (Å²) in [5.74, 6) is -0.304. The van der Waals surface area contributed by atoms with Gasteiger partial charge in [0, 0.05) is 12.2 Å². The summed E-state index contributed by atoms with van der Waals surface area (Å²) >= 11 is 0. The van der Waals surface area contributed by atoms with Crippen molar-refractivity contribution in [2.45, 2.75) is 46.1 Å². The Bertz CT molecular complexity index is 976. The molecule has 1 aliphatic rings. The SMILES string of the molecule is CCCOc1ccc(NC(=O)CC2C(=O)N(c3ccc(F)cc3)C(=O)N2CCC(C)C)cc1. The quantitative estimate of drug-likeness (QED) is 0.521. The highest BCUT2D eigenvalue weighted by Gasteiger charge is 2.46. The van der Waals surface area contributed by atoms with E-state index in [-0.39, 0.29) is 18.0 Å². The predicted molar refractivity (Wildman–Crippen MR) is 125 cm³/mol. The Labute approximate surface area is 193 Å². The van der Waals surface area contributed by atoms with Gasteiger partial charge in [-0.1, -0.05) is 20.8 Å². The molecule has 3 rings (SSSR count). The standard InChI is InChI=1S/C25H30FN3O4/c1-4-15-33-21-11-7-19(8-12-21)27-23(30)16-22-24(31)29(20-9-5-18(26)6-10-20)25(32)28(22)14-13-17(2)3/h5-12,17,22H,4,13-16H2,1-3H3,(H,27,30). The summed E-state index contributed by atoms with van der Waals surface area (Å²) in [6.07, 6.45) is 1.41. The molecule has 1 fully saturated rings. The number of urea groups is 1. The first-order chi connectivity index (χ1) is 15.8. The summed E-state index contributed by atoms with van der Waals surface area (Å²) in [5, 5.41) is 2.78. The van der Waals surface area contributed by atoms with Crippen molar-refractivity contribution in [3.05, 3.63) is 54.3 Å². The highest BCUT2D eigenvalue weighted by molar-refractivity contribution is 6.22. The van der Waals surface area contributed by atoms with E-state index < -0.39 is 23.8 Å². The third kappa shape index (κ3) is 6.09. The molecule has 4 amide bonds. The lowest BCUT2D eigenvalue weighted by Crippen LogP contribution is -2.39. The Balaban J connectivity index is 1.73. The van der Waals surface area contributed by atoms with Crippen LogP contribution in [-0.2, 0) is 9.59 Å². The second kappa shape index (κ2) is 10.9. The summed E-state index contributed by atoms with van der Waals surface area (Å²) in [6.45, 7) is 7.03. The summed E-state index contributed by atoms with van der Waals surface area (Å²) < 4.78 is 18.9. The molecule has 1 atom stereocenters. The molecule has 0 radical (unpaired) electrons. The molecule has 176 valence electrons. The van der Waals surface area contributed by atoms with Crippen molar-refractivity contribution in [1.82, 2.24) is 4.90 Å². The Morgan fingerprint density at radius 2 is 1.76 bits per heavy atom. The van der Waals surface area contributed by atoms with Gasteiger partial charge in [0.15, 0.2) is 0 Å². The molecular formula is C25H30FN3O4. The molecule has 0 bridgehead atoms. The van der Waals surface area contributed by atoms with Crippen LogP contribution in [0.15, 0.2) is 48.5 Å². The maximum Gasteiger partial charge on any atom is 0.332 e. The van der Waals surface area contributed by atoms with E-state index in [1.54, 1.807) is 24.3 Å². The third-order valence-corrected chi connectivity index (χ3v) is 5.34. The molecule has 2 aromatic rings. The van der Waals surface area contributed by atoms with Crippen LogP contribution in [-0.4, -0.2) is 41.9 Å². The first-order valence-corrected chi connectivity index (χ1v) is 11.2. The number of rotatable bonds is 10. The number of imide groups is 1. The first kappa shape index (κ1) is 24.2. The predicted octanol–water partition coefficient (Wildman–Crippen LogP) is 4.83. The highest BCUT2D eigenvalue weighted by Crippen LogP contribution is 2.28. The molecule has 0 saturated carbocycles. The van der Waals surface area contributed by atoms with Gasteiger partial charge in [0.25, 0.3) is 5.91 Å². The number of hydrogen-bond donors (Lipinski definition) is 1. The zero-order valence-corrected chi connectivity index (χ0v) is 19.2. The number of anilines is 2. The van der Waals surface area contributed by atoms with Gasteiger partial charge < -0.3 is 15.0 Å². The molecule has 0 aliphatic carbocycles. The number of carbonyl (C=O) groups excluding carboxylic acids is 3. The molecule has 1 unspecified atom stereocenters. The average molecular weight is 456 g/mol.